The van der Waals surface area contributed by atoms with Gasteiger partial charge in [0.15, 0.2) is 11.6 Å². The van der Waals surface area contributed by atoms with Gasteiger partial charge >= 0.3 is 0 Å². The number of H-pyrrole nitrogens is 1. The number of allylic oxidation sites excluding steroid dienone is 1. The SMILES string of the molecule is C=CC(C)(F)F.N/C=C\Nc1nc(Nc2ccc3[nH]c4c(c3c2)CNCC4)ncc1F. The molecule has 1 aliphatic rings. The first-order chi connectivity index (χ1) is 14.8. The normalized spacial score (nSPS) is 13.4. The Morgan fingerprint density at radius 3 is 2.81 bits per heavy atom. The number of aromatic amines is 1. The van der Waals surface area contributed by atoms with E-state index in [0.29, 0.717) is 12.0 Å². The summed E-state index contributed by atoms with van der Waals surface area (Å²) in [6.07, 6.45) is 5.39. The number of anilines is 3. The molecule has 0 atom stereocenters. The first kappa shape index (κ1) is 22.2. The summed E-state index contributed by atoms with van der Waals surface area (Å²) >= 11 is 0. The molecule has 164 valence electrons. The summed E-state index contributed by atoms with van der Waals surface area (Å²) in [5.74, 6) is -2.88. The van der Waals surface area contributed by atoms with Gasteiger partial charge in [0.25, 0.3) is 5.92 Å². The zero-order valence-corrected chi connectivity index (χ0v) is 17.0. The van der Waals surface area contributed by atoms with Crippen LogP contribution in [-0.2, 0) is 13.0 Å². The lowest BCUT2D eigenvalue weighted by atomic mass is 10.1. The summed E-state index contributed by atoms with van der Waals surface area (Å²) in [5.41, 5.74) is 9.77. The van der Waals surface area contributed by atoms with Gasteiger partial charge in [-0.15, -0.1) is 0 Å². The molecule has 0 radical (unpaired) electrons. The van der Waals surface area contributed by atoms with Crippen LogP contribution in [0.5, 0.6) is 0 Å². The molecule has 2 aromatic heterocycles. The predicted octanol–water partition coefficient (Wildman–Crippen LogP) is 4.16. The van der Waals surface area contributed by atoms with E-state index in [0.717, 1.165) is 43.8 Å². The van der Waals surface area contributed by atoms with E-state index in [1.807, 2.05) is 12.1 Å². The Morgan fingerprint density at radius 2 is 2.10 bits per heavy atom. The number of rotatable bonds is 5. The lowest BCUT2D eigenvalue weighted by Gasteiger charge is -2.12. The van der Waals surface area contributed by atoms with Crippen LogP contribution in [0, 0.1) is 5.82 Å². The average molecular weight is 431 g/mol. The van der Waals surface area contributed by atoms with E-state index in [-0.39, 0.29) is 5.82 Å². The molecule has 0 saturated carbocycles. The van der Waals surface area contributed by atoms with E-state index < -0.39 is 11.7 Å². The summed E-state index contributed by atoms with van der Waals surface area (Å²) in [6.45, 7) is 5.51. The number of nitrogens with two attached hydrogens (primary N) is 1. The van der Waals surface area contributed by atoms with Crippen LogP contribution >= 0.6 is 0 Å². The second kappa shape index (κ2) is 9.52. The molecule has 3 heterocycles. The Labute approximate surface area is 177 Å². The highest BCUT2D eigenvalue weighted by atomic mass is 19.3. The van der Waals surface area contributed by atoms with Gasteiger partial charge in [-0.3, -0.25) is 0 Å². The van der Waals surface area contributed by atoms with Crippen molar-refractivity contribution in [3.8, 4) is 0 Å². The topological polar surface area (TPSA) is 104 Å². The zero-order chi connectivity index (χ0) is 22.4. The summed E-state index contributed by atoms with van der Waals surface area (Å²) in [6, 6.07) is 6.02. The predicted molar refractivity (Wildman–Crippen MR) is 117 cm³/mol. The van der Waals surface area contributed by atoms with Crippen molar-refractivity contribution >= 4 is 28.4 Å². The molecule has 0 aliphatic carbocycles. The van der Waals surface area contributed by atoms with Crippen molar-refractivity contribution < 1.29 is 13.2 Å². The molecule has 0 amide bonds. The van der Waals surface area contributed by atoms with Gasteiger partial charge in [-0.1, -0.05) is 6.58 Å². The van der Waals surface area contributed by atoms with Gasteiger partial charge < -0.3 is 26.7 Å². The Kier molecular flexibility index (Phi) is 6.81. The number of hydrogen-bond donors (Lipinski definition) is 5. The highest BCUT2D eigenvalue weighted by Crippen LogP contribution is 2.28. The number of nitrogens with zero attached hydrogens (tertiary/aromatic N) is 2. The summed E-state index contributed by atoms with van der Waals surface area (Å²) in [5, 5.41) is 10.3. The van der Waals surface area contributed by atoms with E-state index in [1.54, 1.807) is 0 Å². The average Bonchev–Trinajstić information content (AvgIpc) is 3.12. The fraction of sp³-hybridized carbons (Fsp3) is 0.238. The van der Waals surface area contributed by atoms with Crippen molar-refractivity contribution in [1.82, 2.24) is 20.3 Å². The standard InChI is InChI=1S/C17H18FN7.C4H6F2/c18-13-9-22-17(25-16(13)21-6-4-19)23-10-1-2-14-11(7-10)12-8-20-5-3-15(12)24-14;1-3-4(2,5)6/h1-2,4,6-7,9,20,24H,3,5,8,19H2,(H2,21,22,23,25);3H,1H2,2H3/b6-4-;. The molecular weight excluding hydrogens is 407 g/mol. The number of hydrogen-bond acceptors (Lipinski definition) is 6. The number of benzene rings is 1. The van der Waals surface area contributed by atoms with Gasteiger partial charge in [-0.2, -0.15) is 4.98 Å². The third-order valence-electron chi connectivity index (χ3n) is 4.52. The zero-order valence-electron chi connectivity index (χ0n) is 17.0. The van der Waals surface area contributed by atoms with Gasteiger partial charge in [-0.25, -0.2) is 18.2 Å². The molecule has 6 N–H and O–H groups in total. The van der Waals surface area contributed by atoms with Gasteiger partial charge in [0.2, 0.25) is 5.95 Å². The van der Waals surface area contributed by atoms with Gasteiger partial charge in [0.1, 0.15) is 0 Å². The Hall–Kier alpha value is -3.53. The maximum atomic E-state index is 13.7. The third-order valence-corrected chi connectivity index (χ3v) is 4.52. The Balaban J connectivity index is 0.000000401. The van der Waals surface area contributed by atoms with Crippen molar-refractivity contribution in [3.63, 3.8) is 0 Å². The number of aromatic nitrogens is 3. The van der Waals surface area contributed by atoms with Crippen LogP contribution in [0.1, 0.15) is 18.2 Å². The quantitative estimate of drug-likeness (QED) is 0.389. The summed E-state index contributed by atoms with van der Waals surface area (Å²) in [7, 11) is 0. The third kappa shape index (κ3) is 5.76. The number of fused-ring (bicyclic) bond motifs is 3. The molecule has 0 bridgehead atoms. The van der Waals surface area contributed by atoms with Crippen molar-refractivity contribution in [2.45, 2.75) is 25.8 Å². The molecule has 0 unspecified atom stereocenters. The molecule has 7 nitrogen and oxygen atoms in total. The van der Waals surface area contributed by atoms with Crippen LogP contribution in [0.2, 0.25) is 0 Å². The second-order valence-electron chi connectivity index (χ2n) is 6.95. The lowest BCUT2D eigenvalue weighted by molar-refractivity contribution is 0.0779. The first-order valence-electron chi connectivity index (χ1n) is 9.59. The lowest BCUT2D eigenvalue weighted by Crippen LogP contribution is -2.22. The monoisotopic (exact) mass is 431 g/mol. The number of halogens is 3. The van der Waals surface area contributed by atoms with Gasteiger partial charge in [0.05, 0.1) is 6.20 Å². The molecule has 0 saturated heterocycles. The minimum absolute atomic E-state index is 0.0588. The van der Waals surface area contributed by atoms with Crippen LogP contribution in [0.15, 0.2) is 49.5 Å². The summed E-state index contributed by atoms with van der Waals surface area (Å²) < 4.78 is 36.4. The fourth-order valence-corrected chi connectivity index (χ4v) is 3.01. The molecule has 31 heavy (non-hydrogen) atoms. The van der Waals surface area contributed by atoms with E-state index in [2.05, 4.69) is 43.5 Å². The molecule has 0 fully saturated rings. The number of nitrogens with one attached hydrogen (secondary N) is 4. The minimum Gasteiger partial charge on any atom is -0.403 e. The van der Waals surface area contributed by atoms with Crippen LogP contribution in [0.4, 0.5) is 30.6 Å². The maximum absolute atomic E-state index is 13.7. The van der Waals surface area contributed by atoms with E-state index >= 15 is 0 Å². The van der Waals surface area contributed by atoms with E-state index in [1.165, 1.54) is 29.0 Å². The van der Waals surface area contributed by atoms with Crippen LogP contribution in [0.3, 0.4) is 0 Å². The Bertz CT molecular complexity index is 1090. The van der Waals surface area contributed by atoms with Crippen LogP contribution < -0.4 is 21.7 Å². The van der Waals surface area contributed by atoms with Crippen molar-refractivity contribution in [2.75, 3.05) is 17.2 Å². The van der Waals surface area contributed by atoms with Crippen molar-refractivity contribution in [2.24, 2.45) is 5.73 Å². The van der Waals surface area contributed by atoms with Crippen LogP contribution in [-0.4, -0.2) is 27.4 Å². The van der Waals surface area contributed by atoms with E-state index in [9.17, 15) is 13.2 Å². The van der Waals surface area contributed by atoms with Crippen molar-refractivity contribution in [1.29, 1.82) is 0 Å². The molecule has 10 heteroatoms. The largest absolute Gasteiger partial charge is 0.403 e. The van der Waals surface area contributed by atoms with E-state index in [4.69, 9.17) is 5.73 Å². The van der Waals surface area contributed by atoms with Gasteiger partial charge in [0, 0.05) is 61.1 Å². The number of alkyl halides is 2. The fourth-order valence-electron chi connectivity index (χ4n) is 3.01. The molecule has 1 aliphatic heterocycles. The second-order valence-corrected chi connectivity index (χ2v) is 6.95. The van der Waals surface area contributed by atoms with Crippen LogP contribution in [0.25, 0.3) is 10.9 Å². The highest BCUT2D eigenvalue weighted by molar-refractivity contribution is 5.88. The maximum Gasteiger partial charge on any atom is 0.263 e. The molecule has 4 rings (SSSR count). The van der Waals surface area contributed by atoms with Gasteiger partial charge in [-0.05, 0) is 29.8 Å². The summed E-state index contributed by atoms with van der Waals surface area (Å²) in [4.78, 5) is 11.6. The Morgan fingerprint density at radius 1 is 1.32 bits per heavy atom. The molecule has 0 spiro atoms. The molecule has 1 aromatic carbocycles. The first-order valence-corrected chi connectivity index (χ1v) is 9.59. The minimum atomic E-state index is -2.69. The molecule has 3 aromatic rings. The smallest absolute Gasteiger partial charge is 0.263 e. The molecular formula is C21H24F3N7. The van der Waals surface area contributed by atoms with Crippen molar-refractivity contribution in [3.05, 3.63) is 66.5 Å². The highest BCUT2D eigenvalue weighted by Gasteiger charge is 2.15.